The highest BCUT2D eigenvalue weighted by atomic mass is 19.1. The van der Waals surface area contributed by atoms with Gasteiger partial charge in [-0.3, -0.25) is 4.79 Å². The van der Waals surface area contributed by atoms with Gasteiger partial charge in [0.25, 0.3) is 0 Å². The number of aryl methyl sites for hydroxylation is 1. The Morgan fingerprint density at radius 2 is 2.33 bits per heavy atom. The van der Waals surface area contributed by atoms with Crippen LogP contribution in [-0.2, 0) is 11.2 Å². The van der Waals surface area contributed by atoms with E-state index in [0.717, 1.165) is 30.6 Å². The van der Waals surface area contributed by atoms with E-state index in [1.807, 2.05) is 0 Å². The quantitative estimate of drug-likeness (QED) is 0.805. The van der Waals surface area contributed by atoms with E-state index >= 15 is 0 Å². The molecule has 0 aliphatic carbocycles. The SMILES string of the molecule is O=C(O)CN1CCCc2cc(F)ccc21. The van der Waals surface area contributed by atoms with Gasteiger partial charge in [0, 0.05) is 12.2 Å². The third kappa shape index (κ3) is 2.09. The van der Waals surface area contributed by atoms with Gasteiger partial charge in [-0.15, -0.1) is 0 Å². The van der Waals surface area contributed by atoms with Crippen LogP contribution in [0.15, 0.2) is 18.2 Å². The van der Waals surface area contributed by atoms with Gasteiger partial charge in [-0.05, 0) is 36.6 Å². The molecular weight excluding hydrogens is 197 g/mol. The second-order valence-electron chi connectivity index (χ2n) is 3.69. The van der Waals surface area contributed by atoms with E-state index in [9.17, 15) is 9.18 Å². The van der Waals surface area contributed by atoms with E-state index in [1.165, 1.54) is 12.1 Å². The fourth-order valence-electron chi connectivity index (χ4n) is 1.97. The summed E-state index contributed by atoms with van der Waals surface area (Å²) in [5.41, 5.74) is 1.76. The molecule has 0 spiro atoms. The molecule has 1 aliphatic heterocycles. The molecule has 1 aliphatic rings. The van der Waals surface area contributed by atoms with Gasteiger partial charge in [-0.1, -0.05) is 0 Å². The van der Waals surface area contributed by atoms with E-state index < -0.39 is 5.97 Å². The van der Waals surface area contributed by atoms with Crippen LogP contribution in [-0.4, -0.2) is 24.2 Å². The maximum Gasteiger partial charge on any atom is 0.323 e. The van der Waals surface area contributed by atoms with Gasteiger partial charge in [0.05, 0.1) is 0 Å². The van der Waals surface area contributed by atoms with Gasteiger partial charge >= 0.3 is 5.97 Å². The number of carbonyl (C=O) groups is 1. The van der Waals surface area contributed by atoms with Crippen molar-refractivity contribution in [1.29, 1.82) is 0 Å². The second kappa shape index (κ2) is 3.88. The van der Waals surface area contributed by atoms with Crippen molar-refractivity contribution in [3.05, 3.63) is 29.6 Å². The Kier molecular flexibility index (Phi) is 2.58. The highest BCUT2D eigenvalue weighted by Gasteiger charge is 2.18. The molecule has 0 unspecified atom stereocenters. The van der Waals surface area contributed by atoms with Gasteiger partial charge in [0.15, 0.2) is 0 Å². The van der Waals surface area contributed by atoms with Crippen molar-refractivity contribution in [2.75, 3.05) is 18.0 Å². The van der Waals surface area contributed by atoms with Crippen LogP contribution in [0.1, 0.15) is 12.0 Å². The Balaban J connectivity index is 2.30. The Bertz CT molecular complexity index is 392. The van der Waals surface area contributed by atoms with Gasteiger partial charge in [0.2, 0.25) is 0 Å². The predicted octanol–water partition coefficient (Wildman–Crippen LogP) is 1.66. The standard InChI is InChI=1S/C11H12FNO2/c12-9-3-4-10-8(6-9)2-1-5-13(10)7-11(14)15/h3-4,6H,1-2,5,7H2,(H,14,15). The molecule has 0 atom stereocenters. The molecule has 0 amide bonds. The Hall–Kier alpha value is -1.58. The average molecular weight is 209 g/mol. The minimum absolute atomic E-state index is 0.0152. The lowest BCUT2D eigenvalue weighted by atomic mass is 10.0. The number of rotatable bonds is 2. The first kappa shape index (κ1) is 9.96. The zero-order chi connectivity index (χ0) is 10.8. The Labute approximate surface area is 87.1 Å². The fraction of sp³-hybridized carbons (Fsp3) is 0.364. The van der Waals surface area contributed by atoms with Crippen LogP contribution >= 0.6 is 0 Å². The van der Waals surface area contributed by atoms with Crippen molar-refractivity contribution in [2.24, 2.45) is 0 Å². The van der Waals surface area contributed by atoms with Gasteiger partial charge in [-0.25, -0.2) is 4.39 Å². The molecule has 0 aromatic heterocycles. The molecule has 1 aromatic rings. The number of nitrogens with zero attached hydrogens (tertiary/aromatic N) is 1. The molecule has 80 valence electrons. The minimum atomic E-state index is -0.854. The predicted molar refractivity (Wildman–Crippen MR) is 54.6 cm³/mol. The number of anilines is 1. The first-order chi connectivity index (χ1) is 7.16. The van der Waals surface area contributed by atoms with Crippen LogP contribution in [0.5, 0.6) is 0 Å². The maximum absolute atomic E-state index is 12.9. The smallest absolute Gasteiger partial charge is 0.323 e. The van der Waals surface area contributed by atoms with Crippen molar-refractivity contribution in [3.8, 4) is 0 Å². The molecule has 0 fully saturated rings. The minimum Gasteiger partial charge on any atom is -0.480 e. The lowest BCUT2D eigenvalue weighted by Crippen LogP contribution is -2.34. The normalized spacial score (nSPS) is 14.9. The lowest BCUT2D eigenvalue weighted by molar-refractivity contribution is -0.135. The van der Waals surface area contributed by atoms with Crippen molar-refractivity contribution < 1.29 is 14.3 Å². The summed E-state index contributed by atoms with van der Waals surface area (Å²) >= 11 is 0. The van der Waals surface area contributed by atoms with Gasteiger partial charge in [0.1, 0.15) is 12.4 Å². The van der Waals surface area contributed by atoms with Crippen LogP contribution in [0.2, 0.25) is 0 Å². The largest absolute Gasteiger partial charge is 0.480 e. The van der Waals surface area contributed by atoms with Crippen LogP contribution < -0.4 is 4.90 Å². The molecule has 1 heterocycles. The highest BCUT2D eigenvalue weighted by Crippen LogP contribution is 2.27. The third-order valence-corrected chi connectivity index (χ3v) is 2.58. The summed E-state index contributed by atoms with van der Waals surface area (Å²) in [7, 11) is 0. The molecule has 15 heavy (non-hydrogen) atoms. The molecule has 0 saturated heterocycles. The summed E-state index contributed by atoms with van der Waals surface area (Å²) in [6.45, 7) is 0.712. The first-order valence-electron chi connectivity index (χ1n) is 4.92. The van der Waals surface area contributed by atoms with Gasteiger partial charge in [-0.2, -0.15) is 0 Å². The van der Waals surface area contributed by atoms with Crippen molar-refractivity contribution in [3.63, 3.8) is 0 Å². The number of carboxylic acids is 1. The van der Waals surface area contributed by atoms with E-state index in [4.69, 9.17) is 5.11 Å². The fourth-order valence-corrected chi connectivity index (χ4v) is 1.97. The summed E-state index contributed by atoms with van der Waals surface area (Å²) < 4.78 is 12.9. The lowest BCUT2D eigenvalue weighted by Gasteiger charge is -2.29. The highest BCUT2D eigenvalue weighted by molar-refractivity contribution is 5.74. The molecule has 1 aromatic carbocycles. The topological polar surface area (TPSA) is 40.5 Å². The third-order valence-electron chi connectivity index (χ3n) is 2.58. The van der Waals surface area contributed by atoms with E-state index in [1.54, 1.807) is 11.0 Å². The van der Waals surface area contributed by atoms with E-state index in [-0.39, 0.29) is 12.4 Å². The van der Waals surface area contributed by atoms with Crippen LogP contribution in [0.25, 0.3) is 0 Å². The summed E-state index contributed by atoms with van der Waals surface area (Å²) in [6.07, 6.45) is 1.70. The Morgan fingerprint density at radius 1 is 1.53 bits per heavy atom. The van der Waals surface area contributed by atoms with Crippen molar-refractivity contribution in [1.82, 2.24) is 0 Å². The molecule has 2 rings (SSSR count). The maximum atomic E-state index is 12.9. The molecule has 4 heteroatoms. The molecule has 0 bridgehead atoms. The summed E-state index contributed by atoms with van der Waals surface area (Å²) in [6, 6.07) is 4.52. The molecular formula is C11H12FNO2. The monoisotopic (exact) mass is 209 g/mol. The van der Waals surface area contributed by atoms with Gasteiger partial charge < -0.3 is 10.0 Å². The second-order valence-corrected chi connectivity index (χ2v) is 3.69. The number of aliphatic carboxylic acids is 1. The van der Waals surface area contributed by atoms with Crippen LogP contribution in [0.3, 0.4) is 0 Å². The summed E-state index contributed by atoms with van der Waals surface area (Å²) in [5, 5.41) is 8.73. The number of halogens is 1. The zero-order valence-electron chi connectivity index (χ0n) is 8.24. The van der Waals surface area contributed by atoms with Crippen LogP contribution in [0.4, 0.5) is 10.1 Å². The van der Waals surface area contributed by atoms with Crippen molar-refractivity contribution >= 4 is 11.7 Å². The van der Waals surface area contributed by atoms with Crippen molar-refractivity contribution in [2.45, 2.75) is 12.8 Å². The van der Waals surface area contributed by atoms with Crippen LogP contribution in [0, 0.1) is 5.82 Å². The van der Waals surface area contributed by atoms with E-state index in [0.29, 0.717) is 0 Å². The van der Waals surface area contributed by atoms with E-state index in [2.05, 4.69) is 0 Å². The number of carboxylic acid groups (broad SMARTS) is 1. The first-order valence-corrected chi connectivity index (χ1v) is 4.92. The molecule has 1 N–H and O–H groups in total. The molecule has 0 radical (unpaired) electrons. The molecule has 3 nitrogen and oxygen atoms in total. The molecule has 0 saturated carbocycles. The number of benzene rings is 1. The summed E-state index contributed by atoms with van der Waals surface area (Å²) in [4.78, 5) is 12.4. The number of hydrogen-bond donors (Lipinski definition) is 1. The Morgan fingerprint density at radius 3 is 3.07 bits per heavy atom. The average Bonchev–Trinajstić information content (AvgIpc) is 2.16. The summed E-state index contributed by atoms with van der Waals surface area (Å²) in [5.74, 6) is -1.11. The number of fused-ring (bicyclic) bond motifs is 1. The zero-order valence-corrected chi connectivity index (χ0v) is 8.24. The number of hydrogen-bond acceptors (Lipinski definition) is 2.